The van der Waals surface area contributed by atoms with Gasteiger partial charge in [-0.15, -0.1) is 0 Å². The van der Waals surface area contributed by atoms with Crippen LogP contribution in [0.5, 0.6) is 0 Å². The number of rotatable bonds is 4. The third-order valence-electron chi connectivity index (χ3n) is 4.20. The zero-order valence-corrected chi connectivity index (χ0v) is 15.2. The Labute approximate surface area is 160 Å². The first kappa shape index (κ1) is 19.2. The topological polar surface area (TPSA) is 71.1 Å². The molecule has 0 fully saturated rings. The lowest BCUT2D eigenvalue weighted by atomic mass is 10.1. The molecule has 0 saturated heterocycles. The molecule has 5 nitrogen and oxygen atoms in total. The summed E-state index contributed by atoms with van der Waals surface area (Å²) in [6.45, 7) is 3.91. The molecular weight excluding hydrogens is 364 g/mol. The molecule has 0 aliphatic carbocycles. The van der Waals surface area contributed by atoms with Crippen LogP contribution in [0.1, 0.15) is 31.8 Å². The predicted octanol–water partition coefficient (Wildman–Crippen LogP) is 4.48. The summed E-state index contributed by atoms with van der Waals surface area (Å²) < 4.78 is 26.3. The number of nitrogens with one attached hydrogen (secondary N) is 2. The van der Waals surface area contributed by atoms with Gasteiger partial charge in [0.2, 0.25) is 0 Å². The number of carbonyl (C=O) groups is 2. The van der Waals surface area contributed by atoms with Gasteiger partial charge in [0.25, 0.3) is 11.8 Å². The summed E-state index contributed by atoms with van der Waals surface area (Å²) in [5.74, 6) is -3.10. The molecule has 7 heteroatoms. The van der Waals surface area contributed by atoms with Crippen molar-refractivity contribution in [3.63, 3.8) is 0 Å². The van der Waals surface area contributed by atoms with Crippen molar-refractivity contribution in [2.24, 2.45) is 0 Å². The Morgan fingerprint density at radius 2 is 1.32 bits per heavy atom. The highest BCUT2D eigenvalue weighted by atomic mass is 19.2. The highest BCUT2D eigenvalue weighted by Crippen LogP contribution is 2.17. The van der Waals surface area contributed by atoms with E-state index >= 15 is 0 Å². The van der Waals surface area contributed by atoms with Crippen molar-refractivity contribution >= 4 is 23.2 Å². The van der Waals surface area contributed by atoms with Gasteiger partial charge in [0, 0.05) is 29.8 Å². The van der Waals surface area contributed by atoms with E-state index in [0.717, 1.165) is 23.3 Å². The molecule has 3 aromatic rings. The third-order valence-corrected chi connectivity index (χ3v) is 4.20. The van der Waals surface area contributed by atoms with Gasteiger partial charge in [-0.05, 0) is 55.3 Å². The maximum Gasteiger partial charge on any atom is 0.257 e. The van der Waals surface area contributed by atoms with Crippen LogP contribution >= 0.6 is 0 Å². The number of nitrogens with zero attached hydrogens (tertiary/aromatic N) is 1. The molecule has 0 radical (unpaired) electrons. The molecule has 1 heterocycles. The number of hydrogen-bond donors (Lipinski definition) is 2. The number of pyridine rings is 1. The van der Waals surface area contributed by atoms with E-state index in [9.17, 15) is 18.4 Å². The zero-order valence-electron chi connectivity index (χ0n) is 15.2. The summed E-state index contributed by atoms with van der Waals surface area (Å²) in [5, 5.41) is 5.19. The summed E-state index contributed by atoms with van der Waals surface area (Å²) in [5.41, 5.74) is 3.17. The predicted molar refractivity (Wildman–Crippen MR) is 102 cm³/mol. The smallest absolute Gasteiger partial charge is 0.257 e. The van der Waals surface area contributed by atoms with Crippen LogP contribution < -0.4 is 10.6 Å². The van der Waals surface area contributed by atoms with Gasteiger partial charge < -0.3 is 10.6 Å². The molecule has 0 aliphatic rings. The van der Waals surface area contributed by atoms with Crippen LogP contribution in [0.15, 0.2) is 54.9 Å². The van der Waals surface area contributed by atoms with E-state index in [0.29, 0.717) is 5.69 Å². The zero-order chi connectivity index (χ0) is 20.3. The van der Waals surface area contributed by atoms with E-state index in [4.69, 9.17) is 0 Å². The first-order chi connectivity index (χ1) is 13.3. The molecule has 1 aromatic heterocycles. The van der Waals surface area contributed by atoms with Crippen LogP contribution in [-0.4, -0.2) is 16.8 Å². The summed E-state index contributed by atoms with van der Waals surface area (Å²) in [7, 11) is 0. The molecule has 2 amide bonds. The van der Waals surface area contributed by atoms with Crippen LogP contribution in [0.3, 0.4) is 0 Å². The van der Waals surface area contributed by atoms with Gasteiger partial charge in [0.05, 0.1) is 11.1 Å². The average molecular weight is 381 g/mol. The van der Waals surface area contributed by atoms with Crippen molar-refractivity contribution in [3.8, 4) is 0 Å². The van der Waals surface area contributed by atoms with Crippen LogP contribution in [0.4, 0.5) is 20.2 Å². The Bertz CT molecular complexity index is 987. The first-order valence-corrected chi connectivity index (χ1v) is 8.43. The second kappa shape index (κ2) is 7.96. The number of anilines is 2. The van der Waals surface area contributed by atoms with Crippen LogP contribution in [0.2, 0.25) is 0 Å². The first-order valence-electron chi connectivity index (χ1n) is 8.43. The van der Waals surface area contributed by atoms with Gasteiger partial charge in [-0.2, -0.15) is 0 Å². The van der Waals surface area contributed by atoms with Gasteiger partial charge in [0.15, 0.2) is 11.6 Å². The molecule has 0 unspecified atom stereocenters. The highest BCUT2D eigenvalue weighted by molar-refractivity contribution is 6.08. The fourth-order valence-corrected chi connectivity index (χ4v) is 2.49. The molecule has 0 saturated carbocycles. The van der Waals surface area contributed by atoms with E-state index in [1.807, 2.05) is 26.0 Å². The number of benzene rings is 2. The molecule has 0 aliphatic heterocycles. The molecule has 0 spiro atoms. The summed E-state index contributed by atoms with van der Waals surface area (Å²) >= 11 is 0. The molecule has 0 atom stereocenters. The SMILES string of the molecule is Cc1ccc(NC(=O)c2cncc(C(=O)Nc3ccc(F)c(F)c3)c2)cc1C. The number of carbonyl (C=O) groups excluding carboxylic acids is 2. The number of halogens is 2. The van der Waals surface area contributed by atoms with Crippen molar-refractivity contribution in [1.29, 1.82) is 0 Å². The maximum atomic E-state index is 13.3. The molecule has 2 aromatic carbocycles. The van der Waals surface area contributed by atoms with Crippen LogP contribution in [-0.2, 0) is 0 Å². The third kappa shape index (κ3) is 4.37. The Morgan fingerprint density at radius 3 is 1.89 bits per heavy atom. The minimum Gasteiger partial charge on any atom is -0.322 e. The van der Waals surface area contributed by atoms with E-state index in [2.05, 4.69) is 15.6 Å². The van der Waals surface area contributed by atoms with E-state index in [-0.39, 0.29) is 16.8 Å². The normalized spacial score (nSPS) is 10.4. The lowest BCUT2D eigenvalue weighted by molar-refractivity contribution is 0.102. The lowest BCUT2D eigenvalue weighted by Gasteiger charge is -2.09. The number of aryl methyl sites for hydroxylation is 2. The Kier molecular flexibility index (Phi) is 5.44. The van der Waals surface area contributed by atoms with E-state index in [1.165, 1.54) is 24.5 Å². The fourth-order valence-electron chi connectivity index (χ4n) is 2.49. The molecule has 28 heavy (non-hydrogen) atoms. The Balaban J connectivity index is 1.75. The van der Waals surface area contributed by atoms with Gasteiger partial charge in [-0.3, -0.25) is 14.6 Å². The van der Waals surface area contributed by atoms with E-state index < -0.39 is 23.4 Å². The molecule has 3 rings (SSSR count). The number of aromatic nitrogens is 1. The average Bonchev–Trinajstić information content (AvgIpc) is 2.67. The van der Waals surface area contributed by atoms with Crippen LogP contribution in [0, 0.1) is 25.5 Å². The van der Waals surface area contributed by atoms with Crippen molar-refractivity contribution in [3.05, 3.63) is 88.7 Å². The molecule has 2 N–H and O–H groups in total. The minimum absolute atomic E-state index is 0.0916. The quantitative estimate of drug-likeness (QED) is 0.700. The van der Waals surface area contributed by atoms with Crippen molar-refractivity contribution in [1.82, 2.24) is 4.98 Å². The number of amides is 2. The molecular formula is C21H17F2N3O2. The van der Waals surface area contributed by atoms with Gasteiger partial charge in [-0.1, -0.05) is 6.07 Å². The number of hydrogen-bond acceptors (Lipinski definition) is 3. The fraction of sp³-hybridized carbons (Fsp3) is 0.0952. The Morgan fingerprint density at radius 1 is 0.750 bits per heavy atom. The van der Waals surface area contributed by atoms with Gasteiger partial charge in [0.1, 0.15) is 0 Å². The molecule has 0 bridgehead atoms. The largest absolute Gasteiger partial charge is 0.322 e. The summed E-state index contributed by atoms with van der Waals surface area (Å²) in [6, 6.07) is 9.93. The molecule has 142 valence electrons. The summed E-state index contributed by atoms with van der Waals surface area (Å²) in [4.78, 5) is 28.7. The van der Waals surface area contributed by atoms with Crippen LogP contribution in [0.25, 0.3) is 0 Å². The standard InChI is InChI=1S/C21H17F2N3O2/c1-12-3-4-16(7-13(12)2)25-20(27)14-8-15(11-24-10-14)21(28)26-17-5-6-18(22)19(23)9-17/h3-11H,1-2H3,(H,25,27)(H,26,28). The van der Waals surface area contributed by atoms with Gasteiger partial charge in [-0.25, -0.2) is 8.78 Å². The minimum atomic E-state index is -1.07. The van der Waals surface area contributed by atoms with Crippen molar-refractivity contribution in [2.45, 2.75) is 13.8 Å². The van der Waals surface area contributed by atoms with Crippen molar-refractivity contribution < 1.29 is 18.4 Å². The van der Waals surface area contributed by atoms with E-state index in [1.54, 1.807) is 6.07 Å². The highest BCUT2D eigenvalue weighted by Gasteiger charge is 2.13. The lowest BCUT2D eigenvalue weighted by Crippen LogP contribution is -2.16. The maximum absolute atomic E-state index is 13.3. The second-order valence-electron chi connectivity index (χ2n) is 6.30. The monoisotopic (exact) mass is 381 g/mol. The Hall–Kier alpha value is -3.61. The summed E-state index contributed by atoms with van der Waals surface area (Å²) in [6.07, 6.45) is 2.62. The van der Waals surface area contributed by atoms with Gasteiger partial charge >= 0.3 is 0 Å². The van der Waals surface area contributed by atoms with Crippen molar-refractivity contribution in [2.75, 3.05) is 10.6 Å². The second-order valence-corrected chi connectivity index (χ2v) is 6.30.